The molecule has 7 heteroatoms. The number of rotatable bonds is 4. The normalized spacial score (nSPS) is 10.4. The second-order valence-electron chi connectivity index (χ2n) is 3.72. The number of benzene rings is 1. The van der Waals surface area contributed by atoms with Gasteiger partial charge in [-0.1, -0.05) is 12.2 Å². The van der Waals surface area contributed by atoms with E-state index in [9.17, 15) is 10.1 Å². The van der Waals surface area contributed by atoms with Gasteiger partial charge in [-0.3, -0.25) is 15.1 Å². The third kappa shape index (κ3) is 2.32. The topological polar surface area (TPSA) is 91.3 Å². The van der Waals surface area contributed by atoms with Crippen LogP contribution in [0.1, 0.15) is 12.5 Å². The molecule has 0 aliphatic rings. The van der Waals surface area contributed by atoms with E-state index < -0.39 is 4.92 Å². The minimum absolute atomic E-state index is 0.0872. The number of fused-ring (bicyclic) bond motifs is 1. The number of hydrogen-bond donors (Lipinski definition) is 1. The Balaban J connectivity index is 2.89. The summed E-state index contributed by atoms with van der Waals surface area (Å²) in [7, 11) is 0. The SMILES string of the molecule is CCOc1ccc2nccc(C(N)=S)c2c1[N+](=O)[O-]. The first-order valence-corrected chi connectivity index (χ1v) is 5.95. The Morgan fingerprint density at radius 3 is 2.84 bits per heavy atom. The molecule has 0 atom stereocenters. The summed E-state index contributed by atoms with van der Waals surface area (Å²) in [5, 5.41) is 11.6. The summed E-state index contributed by atoms with van der Waals surface area (Å²) in [4.78, 5) is 15.0. The lowest BCUT2D eigenvalue weighted by Gasteiger charge is -2.09. The van der Waals surface area contributed by atoms with Crippen molar-refractivity contribution in [2.75, 3.05) is 6.61 Å². The molecule has 0 aliphatic heterocycles. The summed E-state index contributed by atoms with van der Waals surface area (Å²) in [6.07, 6.45) is 1.51. The van der Waals surface area contributed by atoms with Crippen LogP contribution in [-0.2, 0) is 0 Å². The molecule has 19 heavy (non-hydrogen) atoms. The molecule has 1 aromatic heterocycles. The van der Waals surface area contributed by atoms with Gasteiger partial charge in [0, 0.05) is 11.8 Å². The molecule has 1 heterocycles. The van der Waals surface area contributed by atoms with Crippen molar-refractivity contribution in [1.29, 1.82) is 0 Å². The number of nitrogens with two attached hydrogens (primary N) is 1. The van der Waals surface area contributed by atoms with E-state index in [0.717, 1.165) is 0 Å². The molecule has 2 aromatic rings. The minimum Gasteiger partial charge on any atom is -0.487 e. The quantitative estimate of drug-likeness (QED) is 0.523. The summed E-state index contributed by atoms with van der Waals surface area (Å²) in [5.41, 5.74) is 6.34. The average molecular weight is 277 g/mol. The number of nitrogens with zero attached hydrogens (tertiary/aromatic N) is 2. The van der Waals surface area contributed by atoms with Gasteiger partial charge in [-0.2, -0.15) is 0 Å². The van der Waals surface area contributed by atoms with Crippen LogP contribution in [0.4, 0.5) is 5.69 Å². The molecule has 2 N–H and O–H groups in total. The van der Waals surface area contributed by atoms with Crippen LogP contribution in [0.25, 0.3) is 10.9 Å². The van der Waals surface area contributed by atoms with E-state index in [2.05, 4.69) is 4.98 Å². The monoisotopic (exact) mass is 277 g/mol. The molecule has 6 nitrogen and oxygen atoms in total. The Morgan fingerprint density at radius 2 is 2.26 bits per heavy atom. The van der Waals surface area contributed by atoms with Gasteiger partial charge >= 0.3 is 5.69 Å². The number of nitro benzene ring substituents is 1. The van der Waals surface area contributed by atoms with Gasteiger partial charge in [-0.05, 0) is 25.1 Å². The van der Waals surface area contributed by atoms with Crippen molar-refractivity contribution in [2.45, 2.75) is 6.92 Å². The Hall–Kier alpha value is -2.28. The van der Waals surface area contributed by atoms with Gasteiger partial charge in [-0.25, -0.2) is 0 Å². The lowest BCUT2D eigenvalue weighted by atomic mass is 10.1. The van der Waals surface area contributed by atoms with Gasteiger partial charge in [0.15, 0.2) is 5.75 Å². The van der Waals surface area contributed by atoms with Gasteiger partial charge in [0.1, 0.15) is 4.99 Å². The molecule has 0 aliphatic carbocycles. The molecular formula is C12H11N3O3S. The van der Waals surface area contributed by atoms with Gasteiger partial charge in [-0.15, -0.1) is 0 Å². The molecule has 0 spiro atoms. The largest absolute Gasteiger partial charge is 0.487 e. The maximum atomic E-state index is 11.3. The minimum atomic E-state index is -0.503. The highest BCUT2D eigenvalue weighted by molar-refractivity contribution is 7.80. The van der Waals surface area contributed by atoms with Gasteiger partial charge in [0.2, 0.25) is 0 Å². The Kier molecular flexibility index (Phi) is 3.57. The number of ether oxygens (including phenoxy) is 1. The van der Waals surface area contributed by atoms with Crippen LogP contribution < -0.4 is 10.5 Å². The first kappa shape index (κ1) is 13.2. The van der Waals surface area contributed by atoms with Crippen molar-refractivity contribution in [3.05, 3.63) is 40.1 Å². The predicted octanol–water partition coefficient (Wildman–Crippen LogP) is 2.18. The number of nitro groups is 1. The molecular weight excluding hydrogens is 266 g/mol. The zero-order chi connectivity index (χ0) is 14.0. The summed E-state index contributed by atoms with van der Waals surface area (Å²) >= 11 is 4.93. The molecule has 98 valence electrons. The van der Waals surface area contributed by atoms with E-state index in [0.29, 0.717) is 23.1 Å². The van der Waals surface area contributed by atoms with Crippen molar-refractivity contribution in [1.82, 2.24) is 4.98 Å². The lowest BCUT2D eigenvalue weighted by molar-refractivity contribution is -0.384. The fraction of sp³-hybridized carbons (Fsp3) is 0.167. The molecule has 0 bridgehead atoms. The lowest BCUT2D eigenvalue weighted by Crippen LogP contribution is -2.11. The van der Waals surface area contributed by atoms with Crippen LogP contribution in [0.3, 0.4) is 0 Å². The van der Waals surface area contributed by atoms with Gasteiger partial charge in [0.05, 0.1) is 22.4 Å². The van der Waals surface area contributed by atoms with Crippen LogP contribution >= 0.6 is 12.2 Å². The first-order chi connectivity index (χ1) is 9.06. The van der Waals surface area contributed by atoms with Crippen LogP contribution in [0, 0.1) is 10.1 Å². The zero-order valence-electron chi connectivity index (χ0n) is 10.1. The van der Waals surface area contributed by atoms with Crippen LogP contribution in [0.5, 0.6) is 5.75 Å². The number of thiocarbonyl (C=S) groups is 1. The second kappa shape index (κ2) is 5.15. The van der Waals surface area contributed by atoms with E-state index in [1.807, 2.05) is 0 Å². The molecule has 0 saturated carbocycles. The maximum absolute atomic E-state index is 11.3. The molecule has 2 rings (SSSR count). The van der Waals surface area contributed by atoms with E-state index in [1.165, 1.54) is 12.3 Å². The summed E-state index contributed by atoms with van der Waals surface area (Å²) in [5.74, 6) is 0.186. The van der Waals surface area contributed by atoms with Crippen LogP contribution in [0.15, 0.2) is 24.4 Å². The third-order valence-electron chi connectivity index (χ3n) is 2.59. The highest BCUT2D eigenvalue weighted by Crippen LogP contribution is 2.36. The zero-order valence-corrected chi connectivity index (χ0v) is 10.9. The van der Waals surface area contributed by atoms with Crippen molar-refractivity contribution < 1.29 is 9.66 Å². The Labute approximate surface area is 114 Å². The molecule has 0 radical (unpaired) electrons. The molecule has 0 saturated heterocycles. The highest BCUT2D eigenvalue weighted by atomic mass is 32.1. The van der Waals surface area contributed by atoms with Crippen molar-refractivity contribution in [3.63, 3.8) is 0 Å². The second-order valence-corrected chi connectivity index (χ2v) is 4.16. The molecule has 0 unspecified atom stereocenters. The van der Waals surface area contributed by atoms with E-state index >= 15 is 0 Å². The van der Waals surface area contributed by atoms with Crippen molar-refractivity contribution in [3.8, 4) is 5.75 Å². The smallest absolute Gasteiger partial charge is 0.320 e. The van der Waals surface area contributed by atoms with Gasteiger partial charge < -0.3 is 10.5 Å². The fourth-order valence-corrected chi connectivity index (χ4v) is 2.04. The highest BCUT2D eigenvalue weighted by Gasteiger charge is 2.23. The number of aromatic nitrogens is 1. The molecule has 0 fully saturated rings. The molecule has 0 amide bonds. The van der Waals surface area contributed by atoms with Crippen molar-refractivity contribution in [2.24, 2.45) is 5.73 Å². The number of pyridine rings is 1. The van der Waals surface area contributed by atoms with Gasteiger partial charge in [0.25, 0.3) is 0 Å². The average Bonchev–Trinajstić information content (AvgIpc) is 2.37. The van der Waals surface area contributed by atoms with Crippen LogP contribution in [-0.4, -0.2) is 21.5 Å². The third-order valence-corrected chi connectivity index (χ3v) is 2.81. The maximum Gasteiger partial charge on any atom is 0.320 e. The van der Waals surface area contributed by atoms with E-state index in [4.69, 9.17) is 22.7 Å². The van der Waals surface area contributed by atoms with E-state index in [1.54, 1.807) is 19.1 Å². The summed E-state index contributed by atoms with van der Waals surface area (Å²) in [6, 6.07) is 4.74. The van der Waals surface area contributed by atoms with Crippen LogP contribution in [0.2, 0.25) is 0 Å². The number of hydrogen-bond acceptors (Lipinski definition) is 5. The predicted molar refractivity (Wildman–Crippen MR) is 75.5 cm³/mol. The fourth-order valence-electron chi connectivity index (χ4n) is 1.87. The van der Waals surface area contributed by atoms with Crippen molar-refractivity contribution >= 4 is 33.8 Å². The Morgan fingerprint density at radius 1 is 1.53 bits per heavy atom. The Bertz CT molecular complexity index is 673. The van der Waals surface area contributed by atoms with E-state index in [-0.39, 0.29) is 16.4 Å². The molecule has 1 aromatic carbocycles. The first-order valence-electron chi connectivity index (χ1n) is 5.55. The summed E-state index contributed by atoms with van der Waals surface area (Å²) < 4.78 is 5.29. The standard InChI is InChI=1S/C12H11N3O3S/c1-2-18-9-4-3-8-10(11(9)15(16)17)7(12(13)19)5-6-14-8/h3-6H,2H2,1H3,(H2,13,19). The summed E-state index contributed by atoms with van der Waals surface area (Å²) in [6.45, 7) is 2.08.